The van der Waals surface area contributed by atoms with Gasteiger partial charge in [-0.3, -0.25) is 4.90 Å². The van der Waals surface area contributed by atoms with E-state index in [-0.39, 0.29) is 0 Å². The molecule has 1 saturated heterocycles. The van der Waals surface area contributed by atoms with Gasteiger partial charge in [0.15, 0.2) is 0 Å². The van der Waals surface area contributed by atoms with Gasteiger partial charge in [-0.2, -0.15) is 11.8 Å². The molecule has 1 aliphatic rings. The number of carbonyl (C=O) groups excluding carboxylic acids is 1. The van der Waals surface area contributed by atoms with Crippen LogP contribution in [0.4, 0.5) is 4.79 Å². The predicted octanol–water partition coefficient (Wildman–Crippen LogP) is 0.198. The van der Waals surface area contributed by atoms with Crippen LogP contribution >= 0.6 is 11.8 Å². The summed E-state index contributed by atoms with van der Waals surface area (Å²) in [5, 5.41) is 14.0. The van der Waals surface area contributed by atoms with E-state index in [0.29, 0.717) is 6.54 Å². The van der Waals surface area contributed by atoms with Gasteiger partial charge in [0, 0.05) is 37.7 Å². The Morgan fingerprint density at radius 2 is 1.94 bits per heavy atom. The first-order chi connectivity index (χ1) is 8.42. The number of hydrogen-bond acceptors (Lipinski definition) is 4. The molecule has 18 heavy (non-hydrogen) atoms. The van der Waals surface area contributed by atoms with Crippen molar-refractivity contribution in [2.24, 2.45) is 0 Å². The Morgan fingerprint density at radius 3 is 2.50 bits per heavy atom. The number of urea groups is 1. The van der Waals surface area contributed by atoms with E-state index < -0.39 is 17.5 Å². The minimum atomic E-state index is -1.24. The molecular weight excluding hydrogens is 254 g/mol. The lowest BCUT2D eigenvalue weighted by atomic mass is 10.1. The quantitative estimate of drug-likeness (QED) is 0.667. The summed E-state index contributed by atoms with van der Waals surface area (Å²) in [5.41, 5.74) is -1.24. The van der Waals surface area contributed by atoms with Gasteiger partial charge < -0.3 is 15.7 Å². The molecule has 1 aliphatic heterocycles. The van der Waals surface area contributed by atoms with Gasteiger partial charge in [0.2, 0.25) is 0 Å². The van der Waals surface area contributed by atoms with Crippen molar-refractivity contribution < 1.29 is 14.7 Å². The minimum absolute atomic E-state index is 0.436. The number of carboxylic acids is 1. The Hall–Kier alpha value is -0.950. The van der Waals surface area contributed by atoms with E-state index in [2.05, 4.69) is 15.5 Å². The lowest BCUT2D eigenvalue weighted by Gasteiger charge is -2.26. The van der Waals surface area contributed by atoms with Crippen LogP contribution in [0.5, 0.6) is 0 Å². The average Bonchev–Trinajstić information content (AvgIpc) is 2.29. The average molecular weight is 275 g/mol. The predicted molar refractivity (Wildman–Crippen MR) is 72.0 cm³/mol. The molecule has 104 valence electrons. The number of carbonyl (C=O) groups is 2. The zero-order valence-electron chi connectivity index (χ0n) is 10.9. The molecular formula is C11H21N3O3S. The summed E-state index contributed by atoms with van der Waals surface area (Å²) in [6.07, 6.45) is 0. The monoisotopic (exact) mass is 275 g/mol. The maximum absolute atomic E-state index is 11.5. The highest BCUT2D eigenvalue weighted by Crippen LogP contribution is 2.07. The fourth-order valence-corrected chi connectivity index (χ4v) is 2.51. The molecule has 2 amide bonds. The van der Waals surface area contributed by atoms with Gasteiger partial charge in [0.25, 0.3) is 0 Å². The standard InChI is InChI=1S/C11H21N3O3S/c1-11(2,9(15)16)13-10(17)12-3-4-14-5-7-18-8-6-14/h3-8H2,1-2H3,(H,15,16)(H2,12,13,17). The van der Waals surface area contributed by atoms with Crippen molar-refractivity contribution in [2.75, 3.05) is 37.7 Å². The number of nitrogens with zero attached hydrogens (tertiary/aromatic N) is 1. The highest BCUT2D eigenvalue weighted by atomic mass is 32.2. The topological polar surface area (TPSA) is 81.7 Å². The summed E-state index contributed by atoms with van der Waals surface area (Å²) in [6, 6.07) is -0.436. The number of nitrogens with one attached hydrogen (secondary N) is 2. The zero-order chi connectivity index (χ0) is 13.6. The van der Waals surface area contributed by atoms with E-state index >= 15 is 0 Å². The van der Waals surface area contributed by atoms with Crippen LogP contribution in [0.15, 0.2) is 0 Å². The second-order valence-corrected chi connectivity index (χ2v) is 5.99. The summed E-state index contributed by atoms with van der Waals surface area (Å²) in [5.74, 6) is 1.22. The molecule has 0 bridgehead atoms. The van der Waals surface area contributed by atoms with E-state index in [4.69, 9.17) is 5.11 Å². The molecule has 6 nitrogen and oxygen atoms in total. The van der Waals surface area contributed by atoms with Crippen molar-refractivity contribution in [1.29, 1.82) is 0 Å². The van der Waals surface area contributed by atoms with Crippen molar-refractivity contribution >= 4 is 23.8 Å². The molecule has 0 saturated carbocycles. The van der Waals surface area contributed by atoms with Crippen LogP contribution in [-0.4, -0.2) is 65.2 Å². The Kier molecular flexibility index (Phi) is 5.74. The maximum atomic E-state index is 11.5. The molecule has 7 heteroatoms. The fraction of sp³-hybridized carbons (Fsp3) is 0.818. The smallest absolute Gasteiger partial charge is 0.328 e. The first-order valence-corrected chi connectivity index (χ1v) is 7.17. The molecule has 3 N–H and O–H groups in total. The van der Waals surface area contributed by atoms with Crippen molar-refractivity contribution in [3.05, 3.63) is 0 Å². The van der Waals surface area contributed by atoms with Crippen LogP contribution < -0.4 is 10.6 Å². The molecule has 0 atom stereocenters. The van der Waals surface area contributed by atoms with Gasteiger partial charge in [-0.25, -0.2) is 9.59 Å². The number of aliphatic carboxylic acids is 1. The van der Waals surface area contributed by atoms with E-state index in [0.717, 1.165) is 31.1 Å². The Balaban J connectivity index is 2.18. The third-order valence-electron chi connectivity index (χ3n) is 2.78. The largest absolute Gasteiger partial charge is 0.480 e. The summed E-state index contributed by atoms with van der Waals surface area (Å²) in [6.45, 7) is 6.35. The molecule has 0 aliphatic carbocycles. The molecule has 0 aromatic rings. The minimum Gasteiger partial charge on any atom is -0.480 e. The van der Waals surface area contributed by atoms with Crippen molar-refractivity contribution in [2.45, 2.75) is 19.4 Å². The van der Waals surface area contributed by atoms with Crippen LogP contribution in [-0.2, 0) is 4.79 Å². The van der Waals surface area contributed by atoms with Gasteiger partial charge in [-0.1, -0.05) is 0 Å². The van der Waals surface area contributed by atoms with Crippen molar-refractivity contribution in [3.8, 4) is 0 Å². The highest BCUT2D eigenvalue weighted by Gasteiger charge is 2.28. The summed E-state index contributed by atoms with van der Waals surface area (Å²) < 4.78 is 0. The Morgan fingerprint density at radius 1 is 1.33 bits per heavy atom. The second-order valence-electron chi connectivity index (χ2n) is 4.77. The van der Waals surface area contributed by atoms with E-state index in [1.165, 1.54) is 13.8 Å². The van der Waals surface area contributed by atoms with E-state index in [9.17, 15) is 9.59 Å². The summed E-state index contributed by atoms with van der Waals surface area (Å²) in [4.78, 5) is 24.6. The molecule has 0 aromatic heterocycles. The first-order valence-electron chi connectivity index (χ1n) is 6.01. The van der Waals surface area contributed by atoms with Crippen LogP contribution in [0.25, 0.3) is 0 Å². The zero-order valence-corrected chi connectivity index (χ0v) is 11.7. The maximum Gasteiger partial charge on any atom is 0.328 e. The lowest BCUT2D eigenvalue weighted by Crippen LogP contribution is -2.54. The van der Waals surface area contributed by atoms with Crippen LogP contribution in [0, 0.1) is 0 Å². The van der Waals surface area contributed by atoms with Gasteiger partial charge in [-0.15, -0.1) is 0 Å². The van der Waals surface area contributed by atoms with E-state index in [1.54, 1.807) is 0 Å². The van der Waals surface area contributed by atoms with Gasteiger partial charge >= 0.3 is 12.0 Å². The molecule has 1 rings (SSSR count). The van der Waals surface area contributed by atoms with Gasteiger partial charge in [0.05, 0.1) is 0 Å². The lowest BCUT2D eigenvalue weighted by molar-refractivity contribution is -0.142. The molecule has 0 aromatic carbocycles. The molecule has 0 spiro atoms. The molecule has 0 radical (unpaired) electrons. The number of amides is 2. The highest BCUT2D eigenvalue weighted by molar-refractivity contribution is 7.99. The van der Waals surface area contributed by atoms with Crippen molar-refractivity contribution in [1.82, 2.24) is 15.5 Å². The Bertz CT molecular complexity index is 304. The second kappa shape index (κ2) is 6.84. The van der Waals surface area contributed by atoms with Gasteiger partial charge in [-0.05, 0) is 13.8 Å². The van der Waals surface area contributed by atoms with Crippen LogP contribution in [0.3, 0.4) is 0 Å². The number of thioether (sulfide) groups is 1. The SMILES string of the molecule is CC(C)(NC(=O)NCCN1CCSCC1)C(=O)O. The van der Waals surface area contributed by atoms with Gasteiger partial charge in [0.1, 0.15) is 5.54 Å². The molecule has 0 unspecified atom stereocenters. The van der Waals surface area contributed by atoms with E-state index in [1.807, 2.05) is 11.8 Å². The number of hydrogen-bond donors (Lipinski definition) is 3. The summed E-state index contributed by atoms with van der Waals surface area (Å²) in [7, 11) is 0. The first kappa shape index (κ1) is 15.1. The number of rotatable bonds is 5. The van der Waals surface area contributed by atoms with Crippen LogP contribution in [0.2, 0.25) is 0 Å². The summed E-state index contributed by atoms with van der Waals surface area (Å²) >= 11 is 1.94. The van der Waals surface area contributed by atoms with Crippen molar-refractivity contribution in [3.63, 3.8) is 0 Å². The molecule has 1 heterocycles. The third kappa shape index (κ3) is 5.14. The third-order valence-corrected chi connectivity index (χ3v) is 3.72. The Labute approximate surface area is 111 Å². The fourth-order valence-electron chi connectivity index (χ4n) is 1.53. The molecule has 1 fully saturated rings. The normalized spacial score (nSPS) is 17.2. The number of carboxylic acid groups (broad SMARTS) is 1. The van der Waals surface area contributed by atoms with Crippen LogP contribution in [0.1, 0.15) is 13.8 Å².